The van der Waals surface area contributed by atoms with Crippen LogP contribution < -0.4 is 5.32 Å². The Morgan fingerprint density at radius 1 is 1.21 bits per heavy atom. The quantitative estimate of drug-likeness (QED) is 0.561. The number of carbonyl (C=O) groups excluding carboxylic acids is 1. The van der Waals surface area contributed by atoms with Crippen LogP contribution in [0.1, 0.15) is 22.5 Å². The van der Waals surface area contributed by atoms with Crippen LogP contribution >= 0.6 is 11.3 Å². The summed E-state index contributed by atoms with van der Waals surface area (Å²) in [7, 11) is 1.88. The number of nitrogens with one attached hydrogen (secondary N) is 1. The summed E-state index contributed by atoms with van der Waals surface area (Å²) in [5.74, 6) is -0.0555. The summed E-state index contributed by atoms with van der Waals surface area (Å²) in [5, 5.41) is 13.7. The SMILES string of the molecule is Cn1cc(-c2cnc3c(-c4csc(C(=O)NC5CCCOC5)c4)cnn3c2)cn1. The highest BCUT2D eigenvalue weighted by molar-refractivity contribution is 7.12. The van der Waals surface area contributed by atoms with Crippen molar-refractivity contribution in [2.24, 2.45) is 7.05 Å². The number of hydrogen-bond acceptors (Lipinski definition) is 6. The molecule has 1 N–H and O–H groups in total. The van der Waals surface area contributed by atoms with E-state index in [9.17, 15) is 4.79 Å². The fourth-order valence-corrected chi connectivity index (χ4v) is 4.32. The van der Waals surface area contributed by atoms with Crippen LogP contribution in [-0.2, 0) is 11.8 Å². The number of aryl methyl sites for hydroxylation is 1. The van der Waals surface area contributed by atoms with Gasteiger partial charge in [0, 0.05) is 48.9 Å². The second-order valence-electron chi connectivity index (χ2n) is 7.16. The van der Waals surface area contributed by atoms with E-state index in [2.05, 4.69) is 20.5 Å². The number of hydrogen-bond donors (Lipinski definition) is 1. The molecule has 1 atom stereocenters. The first-order valence-electron chi connectivity index (χ1n) is 9.47. The van der Waals surface area contributed by atoms with Gasteiger partial charge in [0.1, 0.15) is 0 Å². The Morgan fingerprint density at radius 2 is 2.10 bits per heavy atom. The predicted octanol–water partition coefficient (Wildman–Crippen LogP) is 2.77. The zero-order valence-electron chi connectivity index (χ0n) is 15.9. The van der Waals surface area contributed by atoms with Gasteiger partial charge in [0.2, 0.25) is 0 Å². The molecule has 1 fully saturated rings. The molecule has 1 saturated heterocycles. The highest BCUT2D eigenvalue weighted by Gasteiger charge is 2.19. The third kappa shape index (κ3) is 3.54. The highest BCUT2D eigenvalue weighted by Crippen LogP contribution is 2.29. The van der Waals surface area contributed by atoms with Crippen LogP contribution in [0.15, 0.2) is 42.4 Å². The molecule has 29 heavy (non-hydrogen) atoms. The molecular formula is C20H20N6O2S. The number of carbonyl (C=O) groups is 1. The normalized spacial score (nSPS) is 16.9. The van der Waals surface area contributed by atoms with Crippen LogP contribution in [-0.4, -0.2) is 49.5 Å². The second-order valence-corrected chi connectivity index (χ2v) is 8.07. The molecule has 148 valence electrons. The van der Waals surface area contributed by atoms with Gasteiger partial charge in [0.05, 0.1) is 29.9 Å². The molecule has 1 aliphatic heterocycles. The van der Waals surface area contributed by atoms with Crippen LogP contribution in [0.4, 0.5) is 0 Å². The molecule has 0 bridgehead atoms. The first-order valence-corrected chi connectivity index (χ1v) is 10.4. The van der Waals surface area contributed by atoms with E-state index in [4.69, 9.17) is 4.74 Å². The van der Waals surface area contributed by atoms with E-state index in [1.54, 1.807) is 21.6 Å². The van der Waals surface area contributed by atoms with Crippen molar-refractivity contribution in [1.29, 1.82) is 0 Å². The molecule has 0 aliphatic carbocycles. The number of rotatable bonds is 4. The first kappa shape index (κ1) is 18.0. The standard InChI is InChI=1S/C20H20N6O2S/c1-25-9-15(7-22-25)14-6-21-19-17(8-23-26(19)10-14)13-5-18(29-12-13)20(27)24-16-3-2-4-28-11-16/h5-10,12,16H,2-4,11H2,1H3,(H,24,27). The lowest BCUT2D eigenvalue weighted by Crippen LogP contribution is -2.40. The van der Waals surface area contributed by atoms with E-state index in [-0.39, 0.29) is 11.9 Å². The molecule has 1 amide bonds. The molecule has 5 rings (SSSR count). The number of nitrogens with zero attached hydrogens (tertiary/aromatic N) is 5. The molecule has 0 aromatic carbocycles. The van der Waals surface area contributed by atoms with Crippen molar-refractivity contribution in [3.63, 3.8) is 0 Å². The van der Waals surface area contributed by atoms with Gasteiger partial charge in [-0.1, -0.05) is 0 Å². The van der Waals surface area contributed by atoms with E-state index in [1.165, 1.54) is 11.3 Å². The molecule has 8 nitrogen and oxygen atoms in total. The van der Waals surface area contributed by atoms with Crippen molar-refractivity contribution in [3.05, 3.63) is 47.3 Å². The van der Waals surface area contributed by atoms with Gasteiger partial charge in [-0.25, -0.2) is 9.50 Å². The lowest BCUT2D eigenvalue weighted by Gasteiger charge is -2.22. The lowest BCUT2D eigenvalue weighted by molar-refractivity contribution is 0.0626. The number of ether oxygens (including phenoxy) is 1. The number of amides is 1. The number of fused-ring (bicyclic) bond motifs is 1. The van der Waals surface area contributed by atoms with Gasteiger partial charge in [-0.3, -0.25) is 9.48 Å². The van der Waals surface area contributed by atoms with Crippen molar-refractivity contribution >= 4 is 22.9 Å². The van der Waals surface area contributed by atoms with Crippen molar-refractivity contribution in [3.8, 4) is 22.3 Å². The molecule has 0 spiro atoms. The lowest BCUT2D eigenvalue weighted by atomic mass is 10.1. The Balaban J connectivity index is 1.39. The molecular weight excluding hydrogens is 388 g/mol. The van der Waals surface area contributed by atoms with Crippen LogP contribution in [0, 0.1) is 0 Å². The van der Waals surface area contributed by atoms with E-state index in [1.807, 2.05) is 37.1 Å². The molecule has 1 aliphatic rings. The van der Waals surface area contributed by atoms with Crippen molar-refractivity contribution in [2.75, 3.05) is 13.2 Å². The smallest absolute Gasteiger partial charge is 0.261 e. The summed E-state index contributed by atoms with van der Waals surface area (Å²) in [5.41, 5.74) is 4.53. The Kier molecular flexibility index (Phi) is 4.61. The van der Waals surface area contributed by atoms with Crippen LogP contribution in [0.2, 0.25) is 0 Å². The minimum atomic E-state index is -0.0555. The van der Waals surface area contributed by atoms with E-state index in [0.29, 0.717) is 11.5 Å². The van der Waals surface area contributed by atoms with Crippen LogP contribution in [0.5, 0.6) is 0 Å². The molecule has 1 unspecified atom stereocenters. The van der Waals surface area contributed by atoms with E-state index >= 15 is 0 Å². The maximum Gasteiger partial charge on any atom is 0.261 e. The van der Waals surface area contributed by atoms with Crippen molar-refractivity contribution < 1.29 is 9.53 Å². The van der Waals surface area contributed by atoms with E-state index < -0.39 is 0 Å². The van der Waals surface area contributed by atoms with Gasteiger partial charge in [0.25, 0.3) is 5.91 Å². The van der Waals surface area contributed by atoms with E-state index in [0.717, 1.165) is 47.3 Å². The largest absolute Gasteiger partial charge is 0.379 e. The minimum Gasteiger partial charge on any atom is -0.379 e. The monoisotopic (exact) mass is 408 g/mol. The molecule has 5 heterocycles. The Hall–Kier alpha value is -3.04. The number of thiophene rings is 1. The average molecular weight is 408 g/mol. The van der Waals surface area contributed by atoms with Gasteiger partial charge >= 0.3 is 0 Å². The zero-order valence-corrected chi connectivity index (χ0v) is 16.7. The second kappa shape index (κ2) is 7.41. The molecule has 4 aromatic heterocycles. The summed E-state index contributed by atoms with van der Waals surface area (Å²) >= 11 is 1.43. The third-order valence-corrected chi connectivity index (χ3v) is 5.95. The van der Waals surface area contributed by atoms with Gasteiger partial charge in [-0.2, -0.15) is 10.2 Å². The van der Waals surface area contributed by atoms with Gasteiger partial charge < -0.3 is 10.1 Å². The summed E-state index contributed by atoms with van der Waals surface area (Å²) in [6.07, 6.45) is 11.2. The minimum absolute atomic E-state index is 0.0555. The van der Waals surface area contributed by atoms with Crippen LogP contribution in [0.3, 0.4) is 0 Å². The van der Waals surface area contributed by atoms with Gasteiger partial charge in [0.15, 0.2) is 5.65 Å². The summed E-state index contributed by atoms with van der Waals surface area (Å²) in [6, 6.07) is 1.99. The first-order chi connectivity index (χ1) is 14.2. The third-order valence-electron chi connectivity index (χ3n) is 5.02. The van der Waals surface area contributed by atoms with Crippen molar-refractivity contribution in [2.45, 2.75) is 18.9 Å². The zero-order chi connectivity index (χ0) is 19.8. The topological polar surface area (TPSA) is 86.3 Å². The van der Waals surface area contributed by atoms with Crippen LogP contribution in [0.25, 0.3) is 27.9 Å². The molecule has 0 radical (unpaired) electrons. The molecule has 4 aromatic rings. The Labute approximate surface area is 171 Å². The maximum atomic E-state index is 12.6. The maximum absolute atomic E-state index is 12.6. The summed E-state index contributed by atoms with van der Waals surface area (Å²) < 4.78 is 8.95. The van der Waals surface area contributed by atoms with Gasteiger partial charge in [-0.05, 0) is 29.9 Å². The number of aromatic nitrogens is 5. The molecule has 9 heteroatoms. The fourth-order valence-electron chi connectivity index (χ4n) is 3.51. The predicted molar refractivity (Wildman–Crippen MR) is 110 cm³/mol. The average Bonchev–Trinajstić information content (AvgIpc) is 3.47. The Bertz CT molecular complexity index is 1170. The summed E-state index contributed by atoms with van der Waals surface area (Å²) in [6.45, 7) is 1.36. The Morgan fingerprint density at radius 3 is 2.90 bits per heavy atom. The fraction of sp³-hybridized carbons (Fsp3) is 0.300. The summed E-state index contributed by atoms with van der Waals surface area (Å²) in [4.78, 5) is 17.8. The highest BCUT2D eigenvalue weighted by atomic mass is 32.1. The molecule has 0 saturated carbocycles. The van der Waals surface area contributed by atoms with Crippen molar-refractivity contribution in [1.82, 2.24) is 29.7 Å². The van der Waals surface area contributed by atoms with Gasteiger partial charge in [-0.15, -0.1) is 11.3 Å².